The molecule has 1 amide bonds. The van der Waals surface area contributed by atoms with Crippen LogP contribution >= 0.6 is 0 Å². The second-order valence-electron chi connectivity index (χ2n) is 3.79. The van der Waals surface area contributed by atoms with Crippen LogP contribution in [0.15, 0.2) is 24.4 Å². The van der Waals surface area contributed by atoms with Crippen LogP contribution in [0.25, 0.3) is 0 Å². The number of hydrogen-bond acceptors (Lipinski definition) is 5. The molecule has 0 aliphatic heterocycles. The molecule has 0 radical (unpaired) electrons. The van der Waals surface area contributed by atoms with Gasteiger partial charge in [0, 0.05) is 19.3 Å². The highest BCUT2D eigenvalue weighted by Crippen LogP contribution is 2.14. The van der Waals surface area contributed by atoms with Crippen molar-refractivity contribution in [3.05, 3.63) is 35.7 Å². The van der Waals surface area contributed by atoms with Crippen molar-refractivity contribution in [1.29, 1.82) is 0 Å². The lowest BCUT2D eigenvalue weighted by Crippen LogP contribution is -2.19. The number of carbonyl (C=O) groups is 1. The number of aromatic nitrogens is 3. The number of amides is 1. The normalized spacial score (nSPS) is 10.2. The van der Waals surface area contributed by atoms with Gasteiger partial charge in [0.05, 0.1) is 11.3 Å². The maximum absolute atomic E-state index is 12.1. The number of hydrogen-bond donors (Lipinski definition) is 3. The molecule has 0 atom stereocenters. The molecule has 0 bridgehead atoms. The average molecular weight is 246 g/mol. The third kappa shape index (κ3) is 2.30. The van der Waals surface area contributed by atoms with E-state index < -0.39 is 0 Å². The van der Waals surface area contributed by atoms with Crippen LogP contribution in [0.1, 0.15) is 16.1 Å². The van der Waals surface area contributed by atoms with Crippen molar-refractivity contribution in [3.63, 3.8) is 0 Å². The van der Waals surface area contributed by atoms with E-state index in [1.807, 2.05) is 6.92 Å². The molecule has 0 aliphatic rings. The number of nitrogens with zero attached hydrogens (tertiary/aromatic N) is 3. The minimum absolute atomic E-state index is 0.293. The molecule has 2 rings (SSSR count). The Labute approximate surface area is 104 Å². The minimum atomic E-state index is -0.293. The molecule has 2 heterocycles. The van der Waals surface area contributed by atoms with Crippen molar-refractivity contribution < 1.29 is 4.79 Å². The second-order valence-corrected chi connectivity index (χ2v) is 3.79. The van der Waals surface area contributed by atoms with E-state index in [1.54, 1.807) is 36.1 Å². The molecule has 2 aromatic rings. The number of nitrogens with two attached hydrogens (primary N) is 1. The molecule has 0 spiro atoms. The predicted molar refractivity (Wildman–Crippen MR) is 67.9 cm³/mol. The Balaban J connectivity index is 2.24. The summed E-state index contributed by atoms with van der Waals surface area (Å²) in [6.07, 6.45) is 1.56. The first-order chi connectivity index (χ1) is 8.61. The summed E-state index contributed by atoms with van der Waals surface area (Å²) in [5.41, 5.74) is 3.59. The summed E-state index contributed by atoms with van der Waals surface area (Å²) in [5.74, 6) is 5.96. The molecule has 0 aromatic carbocycles. The SMILES string of the molecule is Cc1cc(NC(=O)c2cccnc2NN)n(C)n1. The number of rotatable bonds is 3. The van der Waals surface area contributed by atoms with Gasteiger partial charge in [0.15, 0.2) is 5.82 Å². The van der Waals surface area contributed by atoms with Crippen molar-refractivity contribution in [2.45, 2.75) is 6.92 Å². The molecular formula is C11H14N6O. The number of nitrogens with one attached hydrogen (secondary N) is 2. The molecule has 7 nitrogen and oxygen atoms in total. The monoisotopic (exact) mass is 246 g/mol. The Morgan fingerprint density at radius 1 is 1.50 bits per heavy atom. The van der Waals surface area contributed by atoms with E-state index in [9.17, 15) is 4.79 Å². The molecule has 4 N–H and O–H groups in total. The summed E-state index contributed by atoms with van der Waals surface area (Å²) in [5, 5.41) is 6.89. The van der Waals surface area contributed by atoms with Crippen molar-refractivity contribution in [3.8, 4) is 0 Å². The highest BCUT2D eigenvalue weighted by atomic mass is 16.1. The third-order valence-electron chi connectivity index (χ3n) is 2.43. The number of hydrazine groups is 1. The second kappa shape index (κ2) is 4.84. The van der Waals surface area contributed by atoms with Gasteiger partial charge in [0.2, 0.25) is 0 Å². The molecule has 0 aliphatic carbocycles. The lowest BCUT2D eigenvalue weighted by Gasteiger charge is -2.08. The minimum Gasteiger partial charge on any atom is -0.308 e. The van der Waals surface area contributed by atoms with Gasteiger partial charge in [-0.15, -0.1) is 0 Å². The van der Waals surface area contributed by atoms with Gasteiger partial charge in [-0.05, 0) is 19.1 Å². The number of carbonyl (C=O) groups excluding carboxylic acids is 1. The van der Waals surface area contributed by atoms with Gasteiger partial charge in [-0.2, -0.15) is 5.10 Å². The zero-order chi connectivity index (χ0) is 13.1. The fraction of sp³-hybridized carbons (Fsp3) is 0.182. The van der Waals surface area contributed by atoms with Crippen LogP contribution in [0, 0.1) is 6.92 Å². The van der Waals surface area contributed by atoms with Gasteiger partial charge in [0.25, 0.3) is 5.91 Å². The fourth-order valence-electron chi connectivity index (χ4n) is 1.61. The van der Waals surface area contributed by atoms with Gasteiger partial charge in [-0.25, -0.2) is 10.8 Å². The maximum atomic E-state index is 12.1. The highest BCUT2D eigenvalue weighted by molar-refractivity contribution is 6.07. The molecule has 0 fully saturated rings. The van der Waals surface area contributed by atoms with Gasteiger partial charge >= 0.3 is 0 Å². The van der Waals surface area contributed by atoms with Crippen molar-refractivity contribution in [2.24, 2.45) is 12.9 Å². The summed E-state index contributed by atoms with van der Waals surface area (Å²) >= 11 is 0. The fourth-order valence-corrected chi connectivity index (χ4v) is 1.61. The lowest BCUT2D eigenvalue weighted by atomic mass is 10.2. The number of anilines is 2. The first-order valence-corrected chi connectivity index (χ1v) is 5.35. The quantitative estimate of drug-likeness (QED) is 0.546. The van der Waals surface area contributed by atoms with Gasteiger partial charge in [-0.1, -0.05) is 0 Å². The van der Waals surface area contributed by atoms with Crippen molar-refractivity contribution >= 4 is 17.5 Å². The van der Waals surface area contributed by atoms with Crippen LogP contribution in [0.5, 0.6) is 0 Å². The van der Waals surface area contributed by atoms with E-state index >= 15 is 0 Å². The number of nitrogen functional groups attached to an aromatic ring is 1. The zero-order valence-electron chi connectivity index (χ0n) is 10.1. The molecule has 0 saturated carbocycles. The van der Waals surface area contributed by atoms with E-state index in [-0.39, 0.29) is 5.91 Å². The smallest absolute Gasteiger partial charge is 0.260 e. The van der Waals surface area contributed by atoms with Crippen LogP contribution in [-0.2, 0) is 7.05 Å². The maximum Gasteiger partial charge on any atom is 0.260 e. The van der Waals surface area contributed by atoms with Crippen molar-refractivity contribution in [2.75, 3.05) is 10.7 Å². The Kier molecular flexibility index (Phi) is 3.24. The molecule has 2 aromatic heterocycles. The summed E-state index contributed by atoms with van der Waals surface area (Å²) < 4.78 is 1.60. The zero-order valence-corrected chi connectivity index (χ0v) is 10.1. The first-order valence-electron chi connectivity index (χ1n) is 5.35. The molecule has 0 saturated heterocycles. The van der Waals surface area contributed by atoms with E-state index in [1.165, 1.54) is 0 Å². The van der Waals surface area contributed by atoms with Crippen LogP contribution in [0.4, 0.5) is 11.6 Å². The predicted octanol–water partition coefficient (Wildman–Crippen LogP) is 0.661. The largest absolute Gasteiger partial charge is 0.308 e. The van der Waals surface area contributed by atoms with Crippen LogP contribution in [0.2, 0.25) is 0 Å². The summed E-state index contributed by atoms with van der Waals surface area (Å²) in [7, 11) is 1.76. The van der Waals surface area contributed by atoms with Gasteiger partial charge < -0.3 is 10.7 Å². The van der Waals surface area contributed by atoms with Gasteiger partial charge in [0.1, 0.15) is 5.82 Å². The molecule has 7 heteroatoms. The Morgan fingerprint density at radius 3 is 2.89 bits per heavy atom. The molecular weight excluding hydrogens is 232 g/mol. The van der Waals surface area contributed by atoms with E-state index in [0.29, 0.717) is 17.2 Å². The standard InChI is InChI=1S/C11H14N6O/c1-7-6-9(17(2)16-7)14-11(18)8-4-3-5-13-10(8)15-12/h3-6H,12H2,1-2H3,(H,13,15)(H,14,18). The molecule has 0 unspecified atom stereocenters. The van der Waals surface area contributed by atoms with Crippen molar-refractivity contribution in [1.82, 2.24) is 14.8 Å². The van der Waals surface area contributed by atoms with E-state index in [4.69, 9.17) is 5.84 Å². The summed E-state index contributed by atoms with van der Waals surface area (Å²) in [4.78, 5) is 16.0. The van der Waals surface area contributed by atoms with Crippen LogP contribution in [-0.4, -0.2) is 20.7 Å². The summed E-state index contributed by atoms with van der Waals surface area (Å²) in [6, 6.07) is 5.09. The number of aryl methyl sites for hydroxylation is 2. The lowest BCUT2D eigenvalue weighted by molar-refractivity contribution is 0.102. The Morgan fingerprint density at radius 2 is 2.28 bits per heavy atom. The third-order valence-corrected chi connectivity index (χ3v) is 2.43. The van der Waals surface area contributed by atoms with Crippen LogP contribution in [0.3, 0.4) is 0 Å². The highest BCUT2D eigenvalue weighted by Gasteiger charge is 2.13. The Hall–Kier alpha value is -2.41. The van der Waals surface area contributed by atoms with Gasteiger partial charge in [-0.3, -0.25) is 9.48 Å². The Bertz CT molecular complexity index is 577. The molecule has 94 valence electrons. The first kappa shape index (κ1) is 12.1. The van der Waals surface area contributed by atoms with E-state index in [2.05, 4.69) is 20.8 Å². The topological polar surface area (TPSA) is 97.9 Å². The van der Waals surface area contributed by atoms with E-state index in [0.717, 1.165) is 5.69 Å². The summed E-state index contributed by atoms with van der Waals surface area (Å²) in [6.45, 7) is 1.85. The molecule has 18 heavy (non-hydrogen) atoms. The average Bonchev–Trinajstić information content (AvgIpc) is 2.67. The van der Waals surface area contributed by atoms with Crippen LogP contribution < -0.4 is 16.6 Å². The number of pyridine rings is 1.